The fourth-order valence-electron chi connectivity index (χ4n) is 3.45. The molecule has 2 nitrogen and oxygen atoms in total. The second kappa shape index (κ2) is 6.72. The zero-order valence-corrected chi connectivity index (χ0v) is 12.5. The average Bonchev–Trinajstić information content (AvgIpc) is 2.34. The zero-order valence-electron chi connectivity index (χ0n) is 12.5. The summed E-state index contributed by atoms with van der Waals surface area (Å²) in [5.74, 6) is 0.913. The van der Waals surface area contributed by atoms with Gasteiger partial charge in [0.05, 0.1) is 0 Å². The number of allylic oxidation sites excluding steroid dienone is 2. The number of hydrogen-bond donors (Lipinski definition) is 0. The van der Waals surface area contributed by atoms with Gasteiger partial charge < -0.3 is 4.90 Å². The lowest BCUT2D eigenvalue weighted by Crippen LogP contribution is -2.47. The van der Waals surface area contributed by atoms with E-state index in [9.17, 15) is 0 Å². The molecule has 0 aromatic carbocycles. The first kappa shape index (κ1) is 14.1. The van der Waals surface area contributed by atoms with Gasteiger partial charge in [0.25, 0.3) is 0 Å². The van der Waals surface area contributed by atoms with Crippen molar-refractivity contribution in [3.8, 4) is 0 Å². The Morgan fingerprint density at radius 2 is 2.11 bits per heavy atom. The molecular formula is C16H30N2. The van der Waals surface area contributed by atoms with Gasteiger partial charge in [-0.3, -0.25) is 4.90 Å². The summed E-state index contributed by atoms with van der Waals surface area (Å²) in [5, 5.41) is 0. The van der Waals surface area contributed by atoms with Gasteiger partial charge in [0.2, 0.25) is 0 Å². The quantitative estimate of drug-likeness (QED) is 0.707. The lowest BCUT2D eigenvalue weighted by molar-refractivity contribution is 0.100. The lowest BCUT2D eigenvalue weighted by Gasteiger charge is -2.39. The summed E-state index contributed by atoms with van der Waals surface area (Å²) in [6.07, 6.45) is 10.8. The molecule has 1 aliphatic heterocycles. The summed E-state index contributed by atoms with van der Waals surface area (Å²) in [7, 11) is 4.42. The van der Waals surface area contributed by atoms with Crippen LogP contribution in [0, 0.1) is 5.92 Å². The molecule has 2 aliphatic rings. The molecular weight excluding hydrogens is 220 g/mol. The first-order valence-electron chi connectivity index (χ1n) is 7.69. The maximum absolute atomic E-state index is 2.78. The van der Waals surface area contributed by atoms with Crippen molar-refractivity contribution in [2.45, 2.75) is 51.5 Å². The van der Waals surface area contributed by atoms with Crippen molar-refractivity contribution >= 4 is 0 Å². The standard InChI is InChI=1S/C16H30N2/c1-14-7-9-15(10-8-14)12-18-11-5-4-6-16(18)13-17(2)3/h7,15-16H,4-6,8-13H2,1-3H3/t15-,16?/m1/s1. The number of hydrogen-bond acceptors (Lipinski definition) is 2. The van der Waals surface area contributed by atoms with Gasteiger partial charge in [-0.25, -0.2) is 0 Å². The number of piperidine rings is 1. The molecule has 1 aliphatic carbocycles. The van der Waals surface area contributed by atoms with Crippen molar-refractivity contribution in [2.24, 2.45) is 5.92 Å². The molecule has 104 valence electrons. The third-order valence-corrected chi connectivity index (χ3v) is 4.56. The second-order valence-electron chi connectivity index (χ2n) is 6.60. The third-order valence-electron chi connectivity index (χ3n) is 4.56. The van der Waals surface area contributed by atoms with Crippen LogP contribution in [0.4, 0.5) is 0 Å². The predicted octanol–water partition coefficient (Wildman–Crippen LogP) is 3.15. The van der Waals surface area contributed by atoms with Gasteiger partial charge in [0.1, 0.15) is 0 Å². The highest BCUT2D eigenvalue weighted by molar-refractivity contribution is 5.03. The second-order valence-corrected chi connectivity index (χ2v) is 6.60. The Morgan fingerprint density at radius 3 is 2.78 bits per heavy atom. The molecule has 2 heteroatoms. The maximum atomic E-state index is 2.78. The minimum atomic E-state index is 0.806. The molecule has 0 bridgehead atoms. The number of likely N-dealkylation sites (N-methyl/N-ethyl adjacent to an activating group) is 1. The summed E-state index contributed by atoms with van der Waals surface area (Å²) < 4.78 is 0. The summed E-state index contributed by atoms with van der Waals surface area (Å²) in [6, 6.07) is 0.806. The molecule has 1 saturated heterocycles. The van der Waals surface area contributed by atoms with E-state index in [1.165, 1.54) is 58.2 Å². The Balaban J connectivity index is 1.85. The van der Waals surface area contributed by atoms with Crippen molar-refractivity contribution in [1.82, 2.24) is 9.80 Å². The molecule has 2 atom stereocenters. The molecule has 1 heterocycles. The Bertz CT molecular complexity index is 283. The van der Waals surface area contributed by atoms with Gasteiger partial charge >= 0.3 is 0 Å². The highest BCUT2D eigenvalue weighted by atomic mass is 15.2. The van der Waals surface area contributed by atoms with Gasteiger partial charge in [-0.1, -0.05) is 18.1 Å². The molecule has 0 aromatic heterocycles. The van der Waals surface area contributed by atoms with Crippen LogP contribution in [-0.2, 0) is 0 Å². The number of likely N-dealkylation sites (tertiary alicyclic amines) is 1. The van der Waals surface area contributed by atoms with E-state index in [0.717, 1.165) is 12.0 Å². The smallest absolute Gasteiger partial charge is 0.0223 e. The average molecular weight is 250 g/mol. The number of nitrogens with zero attached hydrogens (tertiary/aromatic N) is 2. The summed E-state index contributed by atoms with van der Waals surface area (Å²) in [5.41, 5.74) is 1.61. The van der Waals surface area contributed by atoms with E-state index in [1.54, 1.807) is 5.57 Å². The van der Waals surface area contributed by atoms with Gasteiger partial charge in [-0.05, 0) is 65.6 Å². The van der Waals surface area contributed by atoms with Crippen LogP contribution in [0.15, 0.2) is 11.6 Å². The molecule has 0 amide bonds. The van der Waals surface area contributed by atoms with Gasteiger partial charge in [-0.15, -0.1) is 0 Å². The van der Waals surface area contributed by atoms with Gasteiger partial charge in [-0.2, -0.15) is 0 Å². The predicted molar refractivity (Wildman–Crippen MR) is 78.9 cm³/mol. The van der Waals surface area contributed by atoms with Crippen LogP contribution < -0.4 is 0 Å². The van der Waals surface area contributed by atoms with Crippen molar-refractivity contribution < 1.29 is 0 Å². The molecule has 0 N–H and O–H groups in total. The minimum Gasteiger partial charge on any atom is -0.308 e. The molecule has 0 spiro atoms. The fourth-order valence-corrected chi connectivity index (χ4v) is 3.45. The zero-order chi connectivity index (χ0) is 13.0. The van der Waals surface area contributed by atoms with Crippen LogP contribution in [0.3, 0.4) is 0 Å². The monoisotopic (exact) mass is 250 g/mol. The first-order valence-corrected chi connectivity index (χ1v) is 7.69. The third kappa shape index (κ3) is 4.10. The van der Waals surface area contributed by atoms with E-state index in [4.69, 9.17) is 0 Å². The van der Waals surface area contributed by atoms with Crippen LogP contribution in [0.25, 0.3) is 0 Å². The summed E-state index contributed by atoms with van der Waals surface area (Å²) in [4.78, 5) is 5.14. The molecule has 0 radical (unpaired) electrons. The van der Waals surface area contributed by atoms with Crippen LogP contribution in [0.1, 0.15) is 45.4 Å². The molecule has 0 saturated carbocycles. The normalized spacial score (nSPS) is 30.6. The lowest BCUT2D eigenvalue weighted by atomic mass is 9.88. The molecule has 0 aromatic rings. The summed E-state index contributed by atoms with van der Waals surface area (Å²) in [6.45, 7) is 6.19. The van der Waals surface area contributed by atoms with E-state index in [1.807, 2.05) is 0 Å². The largest absolute Gasteiger partial charge is 0.308 e. The highest BCUT2D eigenvalue weighted by Gasteiger charge is 2.25. The Morgan fingerprint density at radius 1 is 1.28 bits per heavy atom. The van der Waals surface area contributed by atoms with Gasteiger partial charge in [0.15, 0.2) is 0 Å². The van der Waals surface area contributed by atoms with Gasteiger partial charge in [0, 0.05) is 19.1 Å². The van der Waals surface area contributed by atoms with Crippen molar-refractivity contribution in [1.29, 1.82) is 0 Å². The Hall–Kier alpha value is -0.340. The topological polar surface area (TPSA) is 6.48 Å². The van der Waals surface area contributed by atoms with E-state index >= 15 is 0 Å². The minimum absolute atomic E-state index is 0.806. The maximum Gasteiger partial charge on any atom is 0.0223 e. The highest BCUT2D eigenvalue weighted by Crippen LogP contribution is 2.26. The van der Waals surface area contributed by atoms with E-state index in [0.29, 0.717) is 0 Å². The van der Waals surface area contributed by atoms with Crippen molar-refractivity contribution in [3.63, 3.8) is 0 Å². The van der Waals surface area contributed by atoms with Crippen LogP contribution in [0.5, 0.6) is 0 Å². The van der Waals surface area contributed by atoms with Crippen LogP contribution in [-0.4, -0.2) is 49.6 Å². The van der Waals surface area contributed by atoms with Crippen LogP contribution >= 0.6 is 0 Å². The number of rotatable bonds is 4. The molecule has 1 fully saturated rings. The molecule has 2 rings (SSSR count). The van der Waals surface area contributed by atoms with Crippen LogP contribution in [0.2, 0.25) is 0 Å². The molecule has 1 unspecified atom stereocenters. The van der Waals surface area contributed by atoms with E-state index in [2.05, 4.69) is 36.9 Å². The van der Waals surface area contributed by atoms with Crippen molar-refractivity contribution in [3.05, 3.63) is 11.6 Å². The Labute approximate surface area is 113 Å². The van der Waals surface area contributed by atoms with E-state index < -0.39 is 0 Å². The van der Waals surface area contributed by atoms with E-state index in [-0.39, 0.29) is 0 Å². The Kier molecular flexibility index (Phi) is 5.25. The summed E-state index contributed by atoms with van der Waals surface area (Å²) >= 11 is 0. The SMILES string of the molecule is CC1=CC[C@@H](CN2CCCCC2CN(C)C)CC1. The fraction of sp³-hybridized carbons (Fsp3) is 0.875. The van der Waals surface area contributed by atoms with Crippen molar-refractivity contribution in [2.75, 3.05) is 33.7 Å². The molecule has 18 heavy (non-hydrogen) atoms. The first-order chi connectivity index (χ1) is 8.65.